The van der Waals surface area contributed by atoms with E-state index in [0.717, 1.165) is 22.1 Å². The Labute approximate surface area is 125 Å². The first kappa shape index (κ1) is 14.5. The first-order valence-electron chi connectivity index (χ1n) is 6.05. The second kappa shape index (κ2) is 6.51. The van der Waals surface area contributed by atoms with Gasteiger partial charge in [-0.15, -0.1) is 0 Å². The van der Waals surface area contributed by atoms with Crippen LogP contribution in [-0.4, -0.2) is 6.54 Å². The van der Waals surface area contributed by atoms with Crippen LogP contribution in [0.15, 0.2) is 46.9 Å². The summed E-state index contributed by atoms with van der Waals surface area (Å²) < 4.78 is 14.3. The van der Waals surface area contributed by atoms with Gasteiger partial charge in [0, 0.05) is 9.50 Å². The van der Waals surface area contributed by atoms with Crippen molar-refractivity contribution in [3.8, 4) is 0 Å². The summed E-state index contributed by atoms with van der Waals surface area (Å²) in [5.41, 5.74) is 1.80. The molecule has 0 saturated heterocycles. The highest BCUT2D eigenvalue weighted by Crippen LogP contribution is 2.31. The van der Waals surface area contributed by atoms with Crippen LogP contribution < -0.4 is 5.32 Å². The van der Waals surface area contributed by atoms with Crippen LogP contribution in [0.1, 0.15) is 24.1 Å². The molecule has 0 aliphatic heterocycles. The predicted octanol–water partition coefficient (Wildman–Crippen LogP) is 4.94. The van der Waals surface area contributed by atoms with Gasteiger partial charge in [0.2, 0.25) is 0 Å². The van der Waals surface area contributed by atoms with Gasteiger partial charge >= 0.3 is 0 Å². The van der Waals surface area contributed by atoms with Crippen molar-refractivity contribution in [2.45, 2.75) is 13.0 Å². The highest BCUT2D eigenvalue weighted by molar-refractivity contribution is 9.10. The second-order valence-electron chi connectivity index (χ2n) is 4.21. The summed E-state index contributed by atoms with van der Waals surface area (Å²) in [5, 5.41) is 4.00. The van der Waals surface area contributed by atoms with E-state index in [1.165, 1.54) is 12.1 Å². The lowest BCUT2D eigenvalue weighted by molar-refractivity contribution is 0.603. The molecular weight excluding hydrogens is 329 g/mol. The van der Waals surface area contributed by atoms with Crippen molar-refractivity contribution in [1.82, 2.24) is 5.32 Å². The third-order valence-corrected chi connectivity index (χ3v) is 3.70. The molecule has 0 heterocycles. The van der Waals surface area contributed by atoms with E-state index in [-0.39, 0.29) is 11.9 Å². The lowest BCUT2D eigenvalue weighted by Crippen LogP contribution is -2.22. The Hall–Kier alpha value is -0.900. The first-order chi connectivity index (χ1) is 9.11. The minimum atomic E-state index is -0.244. The van der Waals surface area contributed by atoms with E-state index in [4.69, 9.17) is 11.6 Å². The van der Waals surface area contributed by atoms with Crippen molar-refractivity contribution in [1.29, 1.82) is 0 Å². The van der Waals surface area contributed by atoms with E-state index in [1.807, 2.05) is 31.2 Å². The maximum atomic E-state index is 13.4. The van der Waals surface area contributed by atoms with Gasteiger partial charge in [0.1, 0.15) is 5.82 Å². The molecule has 4 heteroatoms. The SMILES string of the molecule is CCNC(c1cccc(F)c1)c1cc(Br)ccc1Cl. The quantitative estimate of drug-likeness (QED) is 0.830. The fourth-order valence-corrected chi connectivity index (χ4v) is 2.64. The van der Waals surface area contributed by atoms with Crippen molar-refractivity contribution in [2.24, 2.45) is 0 Å². The van der Waals surface area contributed by atoms with Gasteiger partial charge in [0.05, 0.1) is 6.04 Å². The zero-order chi connectivity index (χ0) is 13.8. The van der Waals surface area contributed by atoms with Gasteiger partial charge in [-0.1, -0.05) is 46.6 Å². The number of nitrogens with one attached hydrogen (secondary N) is 1. The van der Waals surface area contributed by atoms with Crippen LogP contribution in [0.3, 0.4) is 0 Å². The van der Waals surface area contributed by atoms with Gasteiger partial charge in [-0.3, -0.25) is 0 Å². The molecule has 0 fully saturated rings. The molecule has 1 unspecified atom stereocenters. The minimum absolute atomic E-state index is 0.120. The standard InChI is InChI=1S/C15H14BrClFN/c1-2-19-15(10-4-3-5-12(18)8-10)13-9-11(16)6-7-14(13)17/h3-9,15,19H,2H2,1H3. The van der Waals surface area contributed by atoms with E-state index in [2.05, 4.69) is 21.2 Å². The van der Waals surface area contributed by atoms with E-state index in [0.29, 0.717) is 5.02 Å². The Morgan fingerprint density at radius 3 is 2.74 bits per heavy atom. The molecule has 2 rings (SSSR count). The Balaban J connectivity index is 2.48. The summed E-state index contributed by atoms with van der Waals surface area (Å²) in [4.78, 5) is 0. The highest BCUT2D eigenvalue weighted by atomic mass is 79.9. The van der Waals surface area contributed by atoms with Crippen LogP contribution in [-0.2, 0) is 0 Å². The molecule has 100 valence electrons. The summed E-state index contributed by atoms with van der Waals surface area (Å²) in [6.07, 6.45) is 0. The molecule has 0 aliphatic rings. The molecule has 0 aliphatic carbocycles. The molecule has 19 heavy (non-hydrogen) atoms. The van der Waals surface area contributed by atoms with Gasteiger partial charge < -0.3 is 5.32 Å². The maximum absolute atomic E-state index is 13.4. The van der Waals surface area contributed by atoms with Crippen molar-refractivity contribution < 1.29 is 4.39 Å². The lowest BCUT2D eigenvalue weighted by atomic mass is 9.98. The molecular formula is C15H14BrClFN. The Kier molecular flexibility index (Phi) is 4.97. The molecule has 0 aromatic heterocycles. The Bertz CT molecular complexity index is 574. The molecule has 1 nitrogen and oxygen atoms in total. The summed E-state index contributed by atoms with van der Waals surface area (Å²) >= 11 is 9.70. The maximum Gasteiger partial charge on any atom is 0.123 e. The van der Waals surface area contributed by atoms with Gasteiger partial charge in [-0.2, -0.15) is 0 Å². The molecule has 0 saturated carbocycles. The van der Waals surface area contributed by atoms with Crippen molar-refractivity contribution in [3.05, 3.63) is 68.9 Å². The molecule has 2 aromatic carbocycles. The fourth-order valence-electron chi connectivity index (χ4n) is 2.03. The Morgan fingerprint density at radius 1 is 1.26 bits per heavy atom. The number of hydrogen-bond acceptors (Lipinski definition) is 1. The van der Waals surface area contributed by atoms with Crippen LogP contribution in [0, 0.1) is 5.82 Å². The molecule has 0 radical (unpaired) electrons. The van der Waals surface area contributed by atoms with Gasteiger partial charge in [0.25, 0.3) is 0 Å². The molecule has 2 aromatic rings. The zero-order valence-corrected chi connectivity index (χ0v) is 12.8. The van der Waals surface area contributed by atoms with E-state index >= 15 is 0 Å². The molecule has 0 amide bonds. The average Bonchev–Trinajstić information content (AvgIpc) is 2.39. The first-order valence-corrected chi connectivity index (χ1v) is 7.22. The van der Waals surface area contributed by atoms with Crippen molar-refractivity contribution in [2.75, 3.05) is 6.54 Å². The third kappa shape index (κ3) is 3.56. The Morgan fingerprint density at radius 2 is 2.05 bits per heavy atom. The molecule has 1 N–H and O–H groups in total. The molecule has 1 atom stereocenters. The largest absolute Gasteiger partial charge is 0.306 e. The molecule has 0 spiro atoms. The number of rotatable bonds is 4. The number of benzene rings is 2. The summed E-state index contributed by atoms with van der Waals surface area (Å²) in [5.74, 6) is -0.244. The van der Waals surface area contributed by atoms with E-state index in [9.17, 15) is 4.39 Å². The highest BCUT2D eigenvalue weighted by Gasteiger charge is 2.16. The summed E-state index contributed by atoms with van der Waals surface area (Å²) in [7, 11) is 0. The monoisotopic (exact) mass is 341 g/mol. The van der Waals surface area contributed by atoms with Crippen molar-refractivity contribution >= 4 is 27.5 Å². The third-order valence-electron chi connectivity index (χ3n) is 2.86. The van der Waals surface area contributed by atoms with E-state index < -0.39 is 0 Å². The second-order valence-corrected chi connectivity index (χ2v) is 5.53. The summed E-state index contributed by atoms with van der Waals surface area (Å²) in [6.45, 7) is 2.78. The average molecular weight is 343 g/mol. The van der Waals surface area contributed by atoms with Crippen molar-refractivity contribution in [3.63, 3.8) is 0 Å². The lowest BCUT2D eigenvalue weighted by Gasteiger charge is -2.20. The molecule has 0 bridgehead atoms. The summed E-state index contributed by atoms with van der Waals surface area (Å²) in [6, 6.07) is 12.1. The van der Waals surface area contributed by atoms with Crippen LogP contribution in [0.25, 0.3) is 0 Å². The normalized spacial score (nSPS) is 12.4. The van der Waals surface area contributed by atoms with Gasteiger partial charge in [-0.05, 0) is 48.0 Å². The smallest absolute Gasteiger partial charge is 0.123 e. The minimum Gasteiger partial charge on any atom is -0.306 e. The number of hydrogen-bond donors (Lipinski definition) is 1. The van der Waals surface area contributed by atoms with Crippen LogP contribution in [0.5, 0.6) is 0 Å². The van der Waals surface area contributed by atoms with Crippen LogP contribution in [0.2, 0.25) is 5.02 Å². The van der Waals surface area contributed by atoms with E-state index in [1.54, 1.807) is 6.07 Å². The van der Waals surface area contributed by atoms with Crippen LogP contribution >= 0.6 is 27.5 Å². The van der Waals surface area contributed by atoms with Gasteiger partial charge in [-0.25, -0.2) is 4.39 Å². The fraction of sp³-hybridized carbons (Fsp3) is 0.200. The van der Waals surface area contributed by atoms with Gasteiger partial charge in [0.15, 0.2) is 0 Å². The topological polar surface area (TPSA) is 12.0 Å². The number of halogens is 3. The van der Waals surface area contributed by atoms with Crippen LogP contribution in [0.4, 0.5) is 4.39 Å². The zero-order valence-electron chi connectivity index (χ0n) is 10.5. The predicted molar refractivity (Wildman–Crippen MR) is 81.1 cm³/mol.